The SMILES string of the molecule is COc1cc(CNCC(=O)O)c(Cl)cc1OCc1ccccc1. The van der Waals surface area contributed by atoms with Gasteiger partial charge in [-0.3, -0.25) is 4.79 Å². The normalized spacial score (nSPS) is 10.3. The van der Waals surface area contributed by atoms with Gasteiger partial charge in [-0.05, 0) is 17.2 Å². The zero-order valence-corrected chi connectivity index (χ0v) is 13.5. The molecule has 2 N–H and O–H groups in total. The van der Waals surface area contributed by atoms with Crippen LogP contribution >= 0.6 is 11.6 Å². The molecule has 0 heterocycles. The van der Waals surface area contributed by atoms with Gasteiger partial charge in [0.05, 0.1) is 13.7 Å². The molecule has 0 saturated heterocycles. The van der Waals surface area contributed by atoms with Crippen molar-refractivity contribution in [2.24, 2.45) is 0 Å². The number of nitrogens with one attached hydrogen (secondary N) is 1. The highest BCUT2D eigenvalue weighted by atomic mass is 35.5. The highest BCUT2D eigenvalue weighted by Gasteiger charge is 2.11. The molecule has 0 fully saturated rings. The van der Waals surface area contributed by atoms with E-state index in [4.69, 9.17) is 26.2 Å². The number of hydrogen-bond acceptors (Lipinski definition) is 4. The number of benzene rings is 2. The van der Waals surface area contributed by atoms with Crippen LogP contribution in [0.3, 0.4) is 0 Å². The Morgan fingerprint density at radius 1 is 1.22 bits per heavy atom. The minimum absolute atomic E-state index is 0.134. The van der Waals surface area contributed by atoms with Gasteiger partial charge in [-0.1, -0.05) is 41.9 Å². The van der Waals surface area contributed by atoms with Gasteiger partial charge >= 0.3 is 5.97 Å². The van der Waals surface area contributed by atoms with E-state index in [-0.39, 0.29) is 6.54 Å². The lowest BCUT2D eigenvalue weighted by molar-refractivity contribution is -0.135. The van der Waals surface area contributed by atoms with E-state index < -0.39 is 5.97 Å². The van der Waals surface area contributed by atoms with E-state index in [1.165, 1.54) is 0 Å². The van der Waals surface area contributed by atoms with Gasteiger partial charge in [0.2, 0.25) is 0 Å². The van der Waals surface area contributed by atoms with E-state index in [1.807, 2.05) is 30.3 Å². The van der Waals surface area contributed by atoms with Crippen LogP contribution in [0.4, 0.5) is 0 Å². The Hall–Kier alpha value is -2.24. The number of halogens is 1. The summed E-state index contributed by atoms with van der Waals surface area (Å²) in [5.74, 6) is 0.177. The highest BCUT2D eigenvalue weighted by molar-refractivity contribution is 6.31. The summed E-state index contributed by atoms with van der Waals surface area (Å²) in [5, 5.41) is 11.9. The topological polar surface area (TPSA) is 67.8 Å². The molecule has 5 nitrogen and oxygen atoms in total. The number of carboxylic acid groups (broad SMARTS) is 1. The van der Waals surface area contributed by atoms with Crippen LogP contribution in [0, 0.1) is 0 Å². The second-order valence-electron chi connectivity index (χ2n) is 4.87. The average Bonchev–Trinajstić information content (AvgIpc) is 2.55. The van der Waals surface area contributed by atoms with Crippen LogP contribution in [0.1, 0.15) is 11.1 Å². The predicted octanol–water partition coefficient (Wildman–Crippen LogP) is 3.10. The standard InChI is InChI=1S/C17H18ClNO4/c1-22-15-7-13(9-19-10-17(20)21)14(18)8-16(15)23-11-12-5-3-2-4-6-12/h2-8,19H,9-11H2,1H3,(H,20,21). The number of carboxylic acids is 1. The fourth-order valence-corrected chi connectivity index (χ4v) is 2.24. The number of methoxy groups -OCH3 is 1. The molecule has 0 aliphatic carbocycles. The molecule has 0 aliphatic heterocycles. The van der Waals surface area contributed by atoms with Crippen LogP contribution in [0.2, 0.25) is 5.02 Å². The van der Waals surface area contributed by atoms with Crippen molar-refractivity contribution < 1.29 is 19.4 Å². The molecule has 0 amide bonds. The Balaban J connectivity index is 2.08. The molecule has 2 aromatic carbocycles. The monoisotopic (exact) mass is 335 g/mol. The molecule has 0 saturated carbocycles. The second-order valence-corrected chi connectivity index (χ2v) is 5.27. The maximum absolute atomic E-state index is 10.5. The zero-order valence-electron chi connectivity index (χ0n) is 12.7. The zero-order chi connectivity index (χ0) is 16.7. The Bertz CT molecular complexity index is 661. The lowest BCUT2D eigenvalue weighted by Crippen LogP contribution is -2.22. The molecular formula is C17H18ClNO4. The van der Waals surface area contributed by atoms with Crippen molar-refractivity contribution in [3.05, 3.63) is 58.6 Å². The van der Waals surface area contributed by atoms with Crippen molar-refractivity contribution >= 4 is 17.6 Å². The number of carbonyl (C=O) groups is 1. The summed E-state index contributed by atoms with van der Waals surface area (Å²) in [5.41, 5.74) is 1.79. The Labute approximate surface area is 139 Å². The van der Waals surface area contributed by atoms with Gasteiger partial charge in [-0.2, -0.15) is 0 Å². The number of ether oxygens (including phenoxy) is 2. The molecule has 23 heavy (non-hydrogen) atoms. The summed E-state index contributed by atoms with van der Waals surface area (Å²) in [6.07, 6.45) is 0. The van der Waals surface area contributed by atoms with Gasteiger partial charge in [0.25, 0.3) is 0 Å². The fraction of sp³-hybridized carbons (Fsp3) is 0.235. The average molecular weight is 336 g/mol. The van der Waals surface area contributed by atoms with Crippen LogP contribution in [-0.2, 0) is 17.9 Å². The minimum Gasteiger partial charge on any atom is -0.493 e. The maximum atomic E-state index is 10.5. The molecule has 122 valence electrons. The smallest absolute Gasteiger partial charge is 0.317 e. The number of rotatable bonds is 8. The third-order valence-corrected chi connectivity index (χ3v) is 3.51. The molecule has 0 unspecified atom stereocenters. The molecule has 0 atom stereocenters. The Morgan fingerprint density at radius 2 is 1.96 bits per heavy atom. The van der Waals surface area contributed by atoms with Gasteiger partial charge in [-0.25, -0.2) is 0 Å². The van der Waals surface area contributed by atoms with Crippen LogP contribution in [-0.4, -0.2) is 24.7 Å². The maximum Gasteiger partial charge on any atom is 0.317 e. The summed E-state index contributed by atoms with van der Waals surface area (Å²) >= 11 is 6.23. The highest BCUT2D eigenvalue weighted by Crippen LogP contribution is 2.33. The van der Waals surface area contributed by atoms with E-state index in [2.05, 4.69) is 5.32 Å². The third-order valence-electron chi connectivity index (χ3n) is 3.16. The van der Waals surface area contributed by atoms with Crippen molar-refractivity contribution in [2.45, 2.75) is 13.2 Å². The van der Waals surface area contributed by atoms with Crippen LogP contribution in [0.5, 0.6) is 11.5 Å². The molecule has 0 radical (unpaired) electrons. The second kappa shape index (κ2) is 8.41. The largest absolute Gasteiger partial charge is 0.493 e. The molecule has 2 rings (SSSR count). The van der Waals surface area contributed by atoms with Crippen molar-refractivity contribution in [1.29, 1.82) is 0 Å². The summed E-state index contributed by atoms with van der Waals surface area (Å²) in [6, 6.07) is 13.2. The summed E-state index contributed by atoms with van der Waals surface area (Å²) < 4.78 is 11.1. The first-order valence-corrected chi connectivity index (χ1v) is 7.43. The van der Waals surface area contributed by atoms with Gasteiger partial charge in [-0.15, -0.1) is 0 Å². The molecule has 0 spiro atoms. The fourth-order valence-electron chi connectivity index (χ4n) is 2.02. The van der Waals surface area contributed by atoms with E-state index >= 15 is 0 Å². The number of aliphatic carboxylic acids is 1. The third kappa shape index (κ3) is 5.16. The summed E-state index contributed by atoms with van der Waals surface area (Å²) in [7, 11) is 1.55. The first kappa shape index (κ1) is 17.1. The van der Waals surface area contributed by atoms with Crippen molar-refractivity contribution in [1.82, 2.24) is 5.32 Å². The van der Waals surface area contributed by atoms with E-state index in [1.54, 1.807) is 19.2 Å². The van der Waals surface area contributed by atoms with Crippen LogP contribution < -0.4 is 14.8 Å². The Morgan fingerprint density at radius 3 is 2.61 bits per heavy atom. The van der Waals surface area contributed by atoms with Crippen LogP contribution in [0.25, 0.3) is 0 Å². The molecule has 0 bridgehead atoms. The minimum atomic E-state index is -0.920. The van der Waals surface area contributed by atoms with Gasteiger partial charge < -0.3 is 19.9 Å². The first-order valence-electron chi connectivity index (χ1n) is 7.06. The van der Waals surface area contributed by atoms with Gasteiger partial charge in [0.1, 0.15) is 6.61 Å². The van der Waals surface area contributed by atoms with Crippen LogP contribution in [0.15, 0.2) is 42.5 Å². The number of hydrogen-bond donors (Lipinski definition) is 2. The lowest BCUT2D eigenvalue weighted by Gasteiger charge is -2.14. The van der Waals surface area contributed by atoms with Gasteiger partial charge in [0.15, 0.2) is 11.5 Å². The summed E-state index contributed by atoms with van der Waals surface area (Å²) in [6.45, 7) is 0.607. The molecule has 0 aliphatic rings. The summed E-state index contributed by atoms with van der Waals surface area (Å²) in [4.78, 5) is 10.5. The molecule has 0 aromatic heterocycles. The van der Waals surface area contributed by atoms with Crippen molar-refractivity contribution in [2.75, 3.05) is 13.7 Å². The molecular weight excluding hydrogens is 318 g/mol. The van der Waals surface area contributed by atoms with Gasteiger partial charge in [0, 0.05) is 17.6 Å². The molecule has 2 aromatic rings. The van der Waals surface area contributed by atoms with E-state index in [9.17, 15) is 4.79 Å². The van der Waals surface area contributed by atoms with E-state index in [0.29, 0.717) is 29.7 Å². The quantitative estimate of drug-likeness (QED) is 0.776. The molecule has 6 heteroatoms. The van der Waals surface area contributed by atoms with Crippen molar-refractivity contribution in [3.63, 3.8) is 0 Å². The predicted molar refractivity (Wildman–Crippen MR) is 88.1 cm³/mol. The van der Waals surface area contributed by atoms with Crippen molar-refractivity contribution in [3.8, 4) is 11.5 Å². The van der Waals surface area contributed by atoms with E-state index in [0.717, 1.165) is 11.1 Å². The lowest BCUT2D eigenvalue weighted by atomic mass is 10.2. The Kier molecular flexibility index (Phi) is 6.26. The first-order chi connectivity index (χ1) is 11.1.